The highest BCUT2D eigenvalue weighted by Crippen LogP contribution is 2.42. The number of nitrogens with one attached hydrogen (secondary N) is 13. The molecule has 0 spiro atoms. The number of phenols is 1. The van der Waals surface area contributed by atoms with Crippen molar-refractivity contribution in [3.8, 4) is 28.2 Å². The molecule has 12 atom stereocenters. The number of carboxylic acids is 2. The molecule has 0 bridgehead atoms. The number of rotatable bonds is 26. The number of primary amides is 3. The standard InChI is InChI=1S/C86H113N19O25/c1-9-44(8)73-83(126)100-60(35-69(113)114)80(123)98-58(33-65(88)109)78(121)95-56(29-42(4)5)76(119)99-61(36-70(115)116)81(124)102-72(43(6)7)85(128)104(38-67(90)111)27-26-91-86(129)105(84(127)50-18-11-10-17-49(50)71-51-23-21-46(107)31-63(51)130-64-32-47(108)22-24-52(64)71)39-68(112)93-57(30-45-37-92-53-19-13-12-16-48(45)53)77(120)97-59(34-66(89)110)79(122)101-62(40-106)82(125)96-55(28-41(2)3)75(118)94-54(74(117)103-73)20-14-15-25-87/h10-13,16-19,21-24,31-32,37,41-44,54-62,72-73,92,106-107H,9,14-15,20,25-30,33-36,38-40,87H2,1-8H3,(H2,88,109)(H2,89,110)(H2,90,111)(H,91,129)(H,93,112)(H,94,118)(H,95,121)(H,96,125)(H,97,120)(H,98,123)(H,99,119)(H,100,126)(H,101,122)(H,102,124)(H,103,117)(H,113,114)(H,115,116)/t44-,54-,55-,56-,57-,58-,59-,60-,61-,62-,72-,73-/m0/s1. The van der Waals surface area contributed by atoms with Gasteiger partial charge in [-0.2, -0.15) is 0 Å². The van der Waals surface area contributed by atoms with Crippen molar-refractivity contribution in [2.75, 3.05) is 39.3 Å². The molecule has 18 amide bonds. The Labute approximate surface area is 744 Å². The normalized spacial score (nSPS) is 21.8. The average Bonchev–Trinajstić information content (AvgIpc) is 0.763. The summed E-state index contributed by atoms with van der Waals surface area (Å²) in [5.41, 5.74) is 23.2. The zero-order chi connectivity index (χ0) is 96.2. The van der Waals surface area contributed by atoms with Crippen molar-refractivity contribution in [3.63, 3.8) is 0 Å². The van der Waals surface area contributed by atoms with E-state index in [4.69, 9.17) is 27.4 Å². The number of hydrogen-bond donors (Lipinski definition) is 21. The molecule has 3 aliphatic rings. The number of benzene rings is 4. The molecule has 3 aromatic carbocycles. The molecule has 1 aromatic heterocycles. The van der Waals surface area contributed by atoms with Crippen LogP contribution in [0.25, 0.3) is 44.3 Å². The monoisotopic (exact) mass is 1810 g/mol. The number of nitrogens with zero attached hydrogens (tertiary/aromatic N) is 2. The van der Waals surface area contributed by atoms with E-state index in [9.17, 15) is 97.1 Å². The summed E-state index contributed by atoms with van der Waals surface area (Å²) in [6.45, 7) is 7.34. The van der Waals surface area contributed by atoms with Gasteiger partial charge in [0.1, 0.15) is 90.1 Å². The number of aromatic nitrogens is 1. The number of carbonyl (C=O) groups is 19. The van der Waals surface area contributed by atoms with Gasteiger partial charge in [-0.1, -0.05) is 98.2 Å². The third-order valence-electron chi connectivity index (χ3n) is 21.2. The number of phenolic OH excluding ortho intramolecular Hbond substituents is 1. The SMILES string of the molecule is CC[C@H](C)[C@@H]1NC(=O)[C@H](CCCCN)NC(=O)[C@H](CC(C)C)NC(=O)[C@H](CO)NC(=O)[C@H](CC(N)=O)NC(=O)[C@H](Cc2c[nH]c3ccccc23)NC(=O)CN(C(=O)c2ccccc2-c2c3ccc(=O)cc-3oc3cc(O)ccc23)C(=O)NCCN(CC(N)=O)C(=O)[C@H](C(C)C)NC(=O)[C@H](CC(=O)O)NC(=O)[C@H](CC(C)C)NC(=O)[C@H](CC(N)=O)NC(=O)[C@H](CC(=O)O)NC1=O. The molecular formula is C86H113N19O25. The van der Waals surface area contributed by atoms with Gasteiger partial charge in [-0.05, 0) is 110 Å². The molecule has 0 saturated carbocycles. The number of aliphatic carboxylic acids is 2. The maximum Gasteiger partial charge on any atom is 0.324 e. The number of aliphatic hydroxyl groups is 1. The lowest BCUT2D eigenvalue weighted by atomic mass is 9.90. The van der Waals surface area contributed by atoms with Gasteiger partial charge in [0.25, 0.3) is 5.91 Å². The number of unbranched alkanes of at least 4 members (excludes halogenated alkanes) is 1. The van der Waals surface area contributed by atoms with Crippen LogP contribution < -0.4 is 92.2 Å². The first-order chi connectivity index (χ1) is 61.4. The van der Waals surface area contributed by atoms with E-state index in [2.05, 4.69) is 68.8 Å². The molecule has 2 aliphatic heterocycles. The fraction of sp³-hybridized carbons (Fsp3) is 0.465. The number of aromatic hydroxyl groups is 1. The first-order valence-electron chi connectivity index (χ1n) is 42.1. The number of aromatic amines is 1. The molecule has 3 heterocycles. The molecule has 1 aliphatic carbocycles. The maximum atomic E-state index is 15.8. The van der Waals surface area contributed by atoms with Gasteiger partial charge in [-0.3, -0.25) is 96.0 Å². The molecule has 7 rings (SSSR count). The van der Waals surface area contributed by atoms with Gasteiger partial charge in [0.15, 0.2) is 5.43 Å². The van der Waals surface area contributed by atoms with Crippen molar-refractivity contribution in [3.05, 3.63) is 112 Å². The Morgan fingerprint density at radius 3 is 1.56 bits per heavy atom. The van der Waals surface area contributed by atoms with E-state index in [1.165, 1.54) is 81.6 Å². The quantitative estimate of drug-likeness (QED) is 0.0196. The van der Waals surface area contributed by atoms with Crippen molar-refractivity contribution in [2.45, 2.75) is 192 Å². The molecule has 0 radical (unpaired) electrons. The summed E-state index contributed by atoms with van der Waals surface area (Å²) in [7, 11) is 0. The van der Waals surface area contributed by atoms with Crippen LogP contribution in [0.15, 0.2) is 100 Å². The first kappa shape index (κ1) is 103. The fourth-order valence-electron chi connectivity index (χ4n) is 14.4. The Morgan fingerprint density at radius 2 is 1.02 bits per heavy atom. The second kappa shape index (κ2) is 47.9. The van der Waals surface area contributed by atoms with Crippen molar-refractivity contribution in [1.82, 2.24) is 78.6 Å². The van der Waals surface area contributed by atoms with E-state index >= 15 is 19.2 Å². The van der Waals surface area contributed by atoms with Gasteiger partial charge < -0.3 is 121 Å². The number of carboxylic acid groups (broad SMARTS) is 2. The van der Waals surface area contributed by atoms with Crippen molar-refractivity contribution < 1.29 is 116 Å². The highest BCUT2D eigenvalue weighted by molar-refractivity contribution is 6.14. The molecule has 25 N–H and O–H groups in total. The number of nitrogens with two attached hydrogens (primary N) is 4. The lowest BCUT2D eigenvalue weighted by Crippen LogP contribution is -2.62. The predicted molar refractivity (Wildman–Crippen MR) is 465 cm³/mol. The Bertz CT molecular complexity index is 5240. The lowest BCUT2D eigenvalue weighted by Gasteiger charge is -2.31. The number of para-hydroxylation sites is 1. The molecule has 1 fully saturated rings. The zero-order valence-corrected chi connectivity index (χ0v) is 72.9. The molecule has 1 saturated heterocycles. The summed E-state index contributed by atoms with van der Waals surface area (Å²) in [5.74, 6) is -26.6. The highest BCUT2D eigenvalue weighted by atomic mass is 16.4. The van der Waals surface area contributed by atoms with Crippen LogP contribution in [-0.2, 0) is 87.9 Å². The van der Waals surface area contributed by atoms with Crippen LogP contribution in [-0.4, -0.2) is 253 Å². The third kappa shape index (κ3) is 29.3. The first-order valence-corrected chi connectivity index (χ1v) is 42.1. The summed E-state index contributed by atoms with van der Waals surface area (Å²) < 4.78 is 6.07. The maximum absolute atomic E-state index is 15.8. The Hall–Kier alpha value is -14.5. The van der Waals surface area contributed by atoms with Crippen LogP contribution in [0.1, 0.15) is 136 Å². The number of imide groups is 1. The van der Waals surface area contributed by atoms with Crippen molar-refractivity contribution in [2.24, 2.45) is 46.6 Å². The number of fused-ring (bicyclic) bond motifs is 3. The summed E-state index contributed by atoms with van der Waals surface area (Å²) >= 11 is 0. The van der Waals surface area contributed by atoms with Crippen LogP contribution >= 0.6 is 0 Å². The van der Waals surface area contributed by atoms with Gasteiger partial charge in [-0.25, -0.2) is 4.79 Å². The number of H-pyrrole nitrogens is 1. The Kier molecular flexibility index (Phi) is 37.8. The van der Waals surface area contributed by atoms with E-state index < -0.39 is 273 Å². The van der Waals surface area contributed by atoms with Crippen LogP contribution in [0.5, 0.6) is 5.75 Å². The second-order valence-electron chi connectivity index (χ2n) is 32.7. The zero-order valence-electron chi connectivity index (χ0n) is 72.9. The van der Waals surface area contributed by atoms with E-state index in [1.54, 1.807) is 58.9 Å². The number of aliphatic hydroxyl groups excluding tert-OH is 1. The van der Waals surface area contributed by atoms with Gasteiger partial charge in [0.2, 0.25) is 88.6 Å². The largest absolute Gasteiger partial charge is 0.508 e. The molecule has 4 aromatic rings. The smallest absolute Gasteiger partial charge is 0.324 e. The van der Waals surface area contributed by atoms with Gasteiger partial charge in [-0.15, -0.1) is 0 Å². The number of amides is 18. The van der Waals surface area contributed by atoms with Gasteiger partial charge >= 0.3 is 18.0 Å². The minimum atomic E-state index is -2.15. The number of hydrogen-bond acceptors (Lipinski definition) is 24. The number of urea groups is 1. The Morgan fingerprint density at radius 1 is 0.515 bits per heavy atom. The predicted octanol–water partition coefficient (Wildman–Crippen LogP) is -2.58. The highest BCUT2D eigenvalue weighted by Gasteiger charge is 2.42. The molecule has 44 nitrogen and oxygen atoms in total. The molecular weight excluding hydrogens is 1700 g/mol. The molecule has 0 unspecified atom stereocenters. The van der Waals surface area contributed by atoms with E-state index in [0.717, 1.165) is 11.0 Å². The summed E-state index contributed by atoms with van der Waals surface area (Å²) in [5, 5.41) is 71.1. The second-order valence-corrected chi connectivity index (χ2v) is 32.7. The van der Waals surface area contributed by atoms with E-state index in [-0.39, 0.29) is 89.8 Å². The summed E-state index contributed by atoms with van der Waals surface area (Å²) in [6.07, 6.45) is -3.82. The third-order valence-corrected chi connectivity index (χ3v) is 21.2. The summed E-state index contributed by atoms with van der Waals surface area (Å²) in [4.78, 5) is 288. The van der Waals surface area contributed by atoms with Crippen molar-refractivity contribution >= 4 is 134 Å². The van der Waals surface area contributed by atoms with Gasteiger partial charge in [0, 0.05) is 70.8 Å². The molecule has 44 heteroatoms. The van der Waals surface area contributed by atoms with Crippen LogP contribution in [0.4, 0.5) is 4.79 Å². The fourth-order valence-corrected chi connectivity index (χ4v) is 14.4. The van der Waals surface area contributed by atoms with Crippen molar-refractivity contribution in [1.29, 1.82) is 0 Å². The number of carbonyl (C=O) groups excluding carboxylic acids is 17. The average molecular weight is 1810 g/mol. The Balaban J connectivity index is 1.37. The van der Waals surface area contributed by atoms with Crippen LogP contribution in [0, 0.1) is 23.7 Å². The summed E-state index contributed by atoms with van der Waals surface area (Å²) in [6, 6.07) is -2.29. The topological polar surface area (TPSA) is 706 Å². The molecule has 130 heavy (non-hydrogen) atoms. The van der Waals surface area contributed by atoms with Crippen LogP contribution in [0.2, 0.25) is 0 Å². The van der Waals surface area contributed by atoms with Crippen LogP contribution in [0.3, 0.4) is 0 Å². The van der Waals surface area contributed by atoms with E-state index in [1.807, 2.05) is 0 Å². The van der Waals surface area contributed by atoms with E-state index in [0.29, 0.717) is 21.4 Å². The molecule has 702 valence electrons. The lowest BCUT2D eigenvalue weighted by molar-refractivity contribution is -0.143. The minimum Gasteiger partial charge on any atom is -0.508 e. The van der Waals surface area contributed by atoms with Gasteiger partial charge in [0.05, 0.1) is 38.8 Å². The minimum absolute atomic E-state index is 0.00411.